The first-order valence-corrected chi connectivity index (χ1v) is 12.7. The molecule has 0 bridgehead atoms. The molecule has 36 heavy (non-hydrogen) atoms. The Bertz CT molecular complexity index is 928. The lowest BCUT2D eigenvalue weighted by molar-refractivity contribution is -0.137. The Morgan fingerprint density at radius 2 is 1.58 bits per heavy atom. The SMILES string of the molecule is NCOCCOCCOCCOCCNC1CCC2c3c(cccc31)C(=O)N2C1CCC(=O)NC1=O. The highest BCUT2D eigenvalue weighted by Gasteiger charge is 2.47. The lowest BCUT2D eigenvalue weighted by atomic mass is 9.83. The number of piperidine rings is 1. The first-order valence-electron chi connectivity index (χ1n) is 12.7. The summed E-state index contributed by atoms with van der Waals surface area (Å²) in [6.45, 7) is 4.40. The van der Waals surface area contributed by atoms with E-state index in [0.29, 0.717) is 64.8 Å². The Kier molecular flexibility index (Phi) is 9.79. The zero-order valence-electron chi connectivity index (χ0n) is 20.5. The molecule has 1 fully saturated rings. The number of amides is 3. The monoisotopic (exact) mass is 504 g/mol. The Labute approximate surface area is 210 Å². The van der Waals surface area contributed by atoms with E-state index < -0.39 is 6.04 Å². The predicted octanol–water partition coefficient (Wildman–Crippen LogP) is 0.396. The lowest BCUT2D eigenvalue weighted by Crippen LogP contribution is -2.53. The summed E-state index contributed by atoms with van der Waals surface area (Å²) in [5, 5.41) is 5.94. The summed E-state index contributed by atoms with van der Waals surface area (Å²) in [5.41, 5.74) is 8.01. The maximum absolute atomic E-state index is 13.3. The molecular weight excluding hydrogens is 468 g/mol. The van der Waals surface area contributed by atoms with Gasteiger partial charge in [0.15, 0.2) is 0 Å². The quantitative estimate of drug-likeness (QED) is 0.176. The van der Waals surface area contributed by atoms with Gasteiger partial charge in [-0.2, -0.15) is 0 Å². The molecule has 0 saturated carbocycles. The number of carbonyl (C=O) groups is 3. The molecule has 1 aromatic carbocycles. The summed E-state index contributed by atoms with van der Waals surface area (Å²) < 4.78 is 21.5. The maximum Gasteiger partial charge on any atom is 0.255 e. The second kappa shape index (κ2) is 13.2. The largest absolute Gasteiger partial charge is 0.378 e. The van der Waals surface area contributed by atoms with Crippen LogP contribution in [-0.4, -0.2) is 88.2 Å². The number of carbonyl (C=O) groups excluding carboxylic acids is 3. The van der Waals surface area contributed by atoms with Gasteiger partial charge in [-0.1, -0.05) is 12.1 Å². The molecule has 3 atom stereocenters. The maximum atomic E-state index is 13.3. The third-order valence-electron chi connectivity index (χ3n) is 6.79. The van der Waals surface area contributed by atoms with Crippen molar-refractivity contribution in [3.8, 4) is 0 Å². The molecule has 2 heterocycles. The second-order valence-electron chi connectivity index (χ2n) is 9.00. The molecule has 1 saturated heterocycles. The highest BCUT2D eigenvalue weighted by molar-refractivity contribution is 6.06. The molecule has 0 aromatic heterocycles. The molecular formula is C25H36N4O7. The third-order valence-corrected chi connectivity index (χ3v) is 6.79. The first kappa shape index (κ1) is 26.6. The Morgan fingerprint density at radius 3 is 2.28 bits per heavy atom. The minimum absolute atomic E-state index is 0.117. The predicted molar refractivity (Wildman–Crippen MR) is 129 cm³/mol. The van der Waals surface area contributed by atoms with E-state index in [-0.39, 0.29) is 43.0 Å². The summed E-state index contributed by atoms with van der Waals surface area (Å²) in [7, 11) is 0. The second-order valence-corrected chi connectivity index (χ2v) is 9.00. The smallest absolute Gasteiger partial charge is 0.255 e. The molecule has 11 heteroatoms. The van der Waals surface area contributed by atoms with Gasteiger partial charge in [0.1, 0.15) is 6.04 Å². The van der Waals surface area contributed by atoms with Crippen LogP contribution in [0, 0.1) is 0 Å². The van der Waals surface area contributed by atoms with E-state index in [1.54, 1.807) is 4.90 Å². The number of hydrogen-bond donors (Lipinski definition) is 3. The van der Waals surface area contributed by atoms with Crippen LogP contribution in [0.1, 0.15) is 59.3 Å². The number of ether oxygens (including phenoxy) is 4. The number of rotatable bonds is 15. The normalized spacial score (nSPS) is 23.2. The van der Waals surface area contributed by atoms with E-state index in [1.807, 2.05) is 12.1 Å². The number of nitrogens with two attached hydrogens (primary N) is 1. The molecule has 3 aliphatic rings. The molecule has 3 unspecified atom stereocenters. The van der Waals surface area contributed by atoms with Gasteiger partial charge < -0.3 is 34.9 Å². The van der Waals surface area contributed by atoms with Crippen molar-refractivity contribution in [3.63, 3.8) is 0 Å². The molecule has 0 spiro atoms. The van der Waals surface area contributed by atoms with E-state index in [9.17, 15) is 14.4 Å². The van der Waals surface area contributed by atoms with Gasteiger partial charge in [0.05, 0.1) is 59.0 Å². The third kappa shape index (κ3) is 6.28. The van der Waals surface area contributed by atoms with Crippen molar-refractivity contribution in [3.05, 3.63) is 34.9 Å². The van der Waals surface area contributed by atoms with Gasteiger partial charge in [-0.25, -0.2) is 0 Å². The van der Waals surface area contributed by atoms with Crippen molar-refractivity contribution in [1.82, 2.24) is 15.5 Å². The summed E-state index contributed by atoms with van der Waals surface area (Å²) in [6.07, 6.45) is 2.23. The van der Waals surface area contributed by atoms with Gasteiger partial charge in [0.2, 0.25) is 11.8 Å². The van der Waals surface area contributed by atoms with Gasteiger partial charge in [0, 0.05) is 24.6 Å². The highest BCUT2D eigenvalue weighted by atomic mass is 16.6. The fourth-order valence-electron chi connectivity index (χ4n) is 5.20. The van der Waals surface area contributed by atoms with Crippen LogP contribution in [0.4, 0.5) is 0 Å². The number of nitrogens with one attached hydrogen (secondary N) is 2. The van der Waals surface area contributed by atoms with Crippen LogP contribution < -0.4 is 16.4 Å². The van der Waals surface area contributed by atoms with Gasteiger partial charge in [0.25, 0.3) is 5.91 Å². The summed E-state index contributed by atoms with van der Waals surface area (Å²) >= 11 is 0. The van der Waals surface area contributed by atoms with Crippen LogP contribution in [0.5, 0.6) is 0 Å². The molecule has 4 rings (SSSR count). The Balaban J connectivity index is 1.20. The van der Waals surface area contributed by atoms with Gasteiger partial charge in [-0.05, 0) is 36.5 Å². The first-order chi connectivity index (χ1) is 17.6. The fraction of sp³-hybridized carbons (Fsp3) is 0.640. The fourth-order valence-corrected chi connectivity index (χ4v) is 5.20. The summed E-state index contributed by atoms with van der Waals surface area (Å²) in [4.78, 5) is 39.0. The minimum Gasteiger partial charge on any atom is -0.378 e. The molecule has 1 aliphatic carbocycles. The van der Waals surface area contributed by atoms with E-state index in [0.717, 1.165) is 24.0 Å². The van der Waals surface area contributed by atoms with Crippen molar-refractivity contribution in [2.24, 2.45) is 5.73 Å². The molecule has 11 nitrogen and oxygen atoms in total. The highest BCUT2D eigenvalue weighted by Crippen LogP contribution is 2.47. The number of imide groups is 1. The molecule has 0 radical (unpaired) electrons. The van der Waals surface area contributed by atoms with Gasteiger partial charge in [-0.3, -0.25) is 19.7 Å². The van der Waals surface area contributed by atoms with Gasteiger partial charge >= 0.3 is 0 Å². The molecule has 1 aromatic rings. The van der Waals surface area contributed by atoms with Crippen LogP contribution in [0.3, 0.4) is 0 Å². The van der Waals surface area contributed by atoms with Crippen molar-refractivity contribution >= 4 is 17.7 Å². The van der Waals surface area contributed by atoms with Crippen LogP contribution in [0.15, 0.2) is 18.2 Å². The Morgan fingerprint density at radius 1 is 0.889 bits per heavy atom. The summed E-state index contributed by atoms with van der Waals surface area (Å²) in [6, 6.07) is 5.19. The van der Waals surface area contributed by atoms with Crippen LogP contribution in [0.25, 0.3) is 0 Å². The van der Waals surface area contributed by atoms with E-state index in [1.165, 1.54) is 0 Å². The van der Waals surface area contributed by atoms with Crippen molar-refractivity contribution in [2.75, 3.05) is 59.5 Å². The van der Waals surface area contributed by atoms with E-state index >= 15 is 0 Å². The standard InChI is InChI=1S/C25H36N4O7/c26-16-36-15-14-35-13-12-34-11-10-33-9-8-27-19-4-5-20-23-17(19)2-1-3-18(23)25(32)29(20)21-6-7-22(30)28-24(21)31/h1-3,19-21,27H,4-16,26H2,(H,28,30,31). The minimum atomic E-state index is -0.600. The van der Waals surface area contributed by atoms with E-state index in [2.05, 4.69) is 16.7 Å². The summed E-state index contributed by atoms with van der Waals surface area (Å²) in [5.74, 6) is -0.772. The van der Waals surface area contributed by atoms with Crippen molar-refractivity contribution in [2.45, 2.75) is 43.8 Å². The molecule has 198 valence electrons. The topological polar surface area (TPSA) is 141 Å². The van der Waals surface area contributed by atoms with Crippen LogP contribution in [0.2, 0.25) is 0 Å². The van der Waals surface area contributed by atoms with Crippen LogP contribution >= 0.6 is 0 Å². The lowest BCUT2D eigenvalue weighted by Gasteiger charge is -2.38. The Hall–Kier alpha value is -2.41. The average molecular weight is 505 g/mol. The van der Waals surface area contributed by atoms with Gasteiger partial charge in [-0.15, -0.1) is 0 Å². The number of nitrogens with zero attached hydrogens (tertiary/aromatic N) is 1. The zero-order valence-corrected chi connectivity index (χ0v) is 20.5. The average Bonchev–Trinajstić information content (AvgIpc) is 3.16. The van der Waals surface area contributed by atoms with E-state index in [4.69, 9.17) is 24.7 Å². The molecule has 3 amide bonds. The van der Waals surface area contributed by atoms with Crippen LogP contribution in [-0.2, 0) is 28.5 Å². The van der Waals surface area contributed by atoms with Crippen molar-refractivity contribution in [1.29, 1.82) is 0 Å². The number of hydrogen-bond acceptors (Lipinski definition) is 9. The zero-order chi connectivity index (χ0) is 25.3. The van der Waals surface area contributed by atoms with Crippen molar-refractivity contribution < 1.29 is 33.3 Å². The number of benzene rings is 1. The molecule has 4 N–H and O–H groups in total. The molecule has 2 aliphatic heterocycles.